The van der Waals surface area contributed by atoms with Gasteiger partial charge in [0.05, 0.1) is 0 Å². The van der Waals surface area contributed by atoms with Crippen molar-refractivity contribution in [3.8, 4) is 0 Å². The molecular weight excluding hydrogens is 214 g/mol. The van der Waals surface area contributed by atoms with Crippen LogP contribution >= 0.6 is 0 Å². The predicted molar refractivity (Wildman–Crippen MR) is 60.6 cm³/mol. The van der Waals surface area contributed by atoms with Crippen molar-refractivity contribution in [2.24, 2.45) is 5.73 Å². The van der Waals surface area contributed by atoms with Crippen LogP contribution in [-0.4, -0.2) is 27.0 Å². The molecule has 1 saturated carbocycles. The standard InChI is InChI=1S/C9H21N3O2S/c1-2-6-11-15(13,14)12-9-5-3-4-8(10)7-9/h8-9,11-12H,2-7,10H2,1H3. The van der Waals surface area contributed by atoms with Gasteiger partial charge in [-0.25, -0.2) is 4.72 Å². The third-order valence-electron chi connectivity index (χ3n) is 2.58. The highest BCUT2D eigenvalue weighted by Gasteiger charge is 2.23. The first-order valence-corrected chi connectivity index (χ1v) is 7.04. The molecule has 1 fully saturated rings. The van der Waals surface area contributed by atoms with Gasteiger partial charge in [0.25, 0.3) is 10.2 Å². The summed E-state index contributed by atoms with van der Waals surface area (Å²) in [5.74, 6) is 0. The van der Waals surface area contributed by atoms with E-state index in [0.717, 1.165) is 32.1 Å². The molecule has 5 nitrogen and oxygen atoms in total. The Labute approximate surface area is 92.0 Å². The van der Waals surface area contributed by atoms with Crippen LogP contribution in [0.2, 0.25) is 0 Å². The zero-order valence-corrected chi connectivity index (χ0v) is 10.0. The summed E-state index contributed by atoms with van der Waals surface area (Å²) in [7, 11) is -3.32. The topological polar surface area (TPSA) is 84.2 Å². The Kier molecular flexibility index (Phi) is 4.98. The van der Waals surface area contributed by atoms with Crippen molar-refractivity contribution in [3.05, 3.63) is 0 Å². The molecule has 4 N–H and O–H groups in total. The molecule has 0 spiro atoms. The van der Waals surface area contributed by atoms with Gasteiger partial charge in [-0.3, -0.25) is 0 Å². The minimum atomic E-state index is -3.32. The summed E-state index contributed by atoms with van der Waals surface area (Å²) in [6.45, 7) is 2.41. The molecule has 0 heterocycles. The third-order valence-corrected chi connectivity index (χ3v) is 3.81. The minimum absolute atomic E-state index is 0.00288. The molecular formula is C9H21N3O2S. The molecule has 0 aliphatic heterocycles. The molecule has 6 heteroatoms. The van der Waals surface area contributed by atoms with Gasteiger partial charge in [-0.15, -0.1) is 0 Å². The van der Waals surface area contributed by atoms with Gasteiger partial charge in [0.2, 0.25) is 0 Å². The molecule has 90 valence electrons. The molecule has 0 aromatic rings. The summed E-state index contributed by atoms with van der Waals surface area (Å²) in [6.07, 6.45) is 4.43. The zero-order chi connectivity index (χ0) is 11.3. The van der Waals surface area contributed by atoms with Gasteiger partial charge < -0.3 is 5.73 Å². The molecule has 1 rings (SSSR count). The van der Waals surface area contributed by atoms with E-state index in [1.54, 1.807) is 0 Å². The maximum atomic E-state index is 11.5. The Hall–Kier alpha value is -0.170. The summed E-state index contributed by atoms with van der Waals surface area (Å²) in [5, 5.41) is 0. The van der Waals surface area contributed by atoms with E-state index in [1.165, 1.54) is 0 Å². The third kappa shape index (κ3) is 4.92. The summed E-state index contributed by atoms with van der Waals surface area (Å²) in [6, 6.07) is 0.140. The second-order valence-electron chi connectivity index (χ2n) is 4.14. The maximum Gasteiger partial charge on any atom is 0.277 e. The van der Waals surface area contributed by atoms with Crippen LogP contribution in [0.5, 0.6) is 0 Å². The minimum Gasteiger partial charge on any atom is -0.328 e. The van der Waals surface area contributed by atoms with Gasteiger partial charge in [0.15, 0.2) is 0 Å². The lowest BCUT2D eigenvalue weighted by atomic mass is 9.92. The lowest BCUT2D eigenvalue weighted by molar-refractivity contribution is 0.369. The van der Waals surface area contributed by atoms with Gasteiger partial charge in [-0.2, -0.15) is 13.1 Å². The van der Waals surface area contributed by atoms with E-state index in [9.17, 15) is 8.42 Å². The average Bonchev–Trinajstić information content (AvgIpc) is 2.14. The van der Waals surface area contributed by atoms with E-state index in [-0.39, 0.29) is 12.1 Å². The lowest BCUT2D eigenvalue weighted by Gasteiger charge is -2.27. The summed E-state index contributed by atoms with van der Waals surface area (Å²) < 4.78 is 28.1. The quantitative estimate of drug-likeness (QED) is 0.631. The second-order valence-corrected chi connectivity index (χ2v) is 5.67. The Morgan fingerprint density at radius 3 is 2.73 bits per heavy atom. The fourth-order valence-corrected chi connectivity index (χ4v) is 3.04. The van der Waals surface area contributed by atoms with Gasteiger partial charge in [0.1, 0.15) is 0 Å². The van der Waals surface area contributed by atoms with Crippen molar-refractivity contribution in [2.75, 3.05) is 6.54 Å². The highest BCUT2D eigenvalue weighted by molar-refractivity contribution is 7.87. The molecule has 1 aliphatic rings. The molecule has 0 saturated heterocycles. The smallest absolute Gasteiger partial charge is 0.277 e. The largest absolute Gasteiger partial charge is 0.328 e. The van der Waals surface area contributed by atoms with Crippen molar-refractivity contribution >= 4 is 10.2 Å². The van der Waals surface area contributed by atoms with Crippen molar-refractivity contribution in [3.63, 3.8) is 0 Å². The Morgan fingerprint density at radius 2 is 2.13 bits per heavy atom. The monoisotopic (exact) mass is 235 g/mol. The summed E-state index contributed by atoms with van der Waals surface area (Å²) >= 11 is 0. The molecule has 0 bridgehead atoms. The Balaban J connectivity index is 2.39. The molecule has 15 heavy (non-hydrogen) atoms. The van der Waals surface area contributed by atoms with Crippen molar-refractivity contribution in [1.82, 2.24) is 9.44 Å². The highest BCUT2D eigenvalue weighted by Crippen LogP contribution is 2.17. The van der Waals surface area contributed by atoms with Crippen molar-refractivity contribution in [1.29, 1.82) is 0 Å². The Bertz CT molecular complexity index is 279. The van der Waals surface area contributed by atoms with Crippen molar-refractivity contribution < 1.29 is 8.42 Å². The van der Waals surface area contributed by atoms with Crippen LogP contribution < -0.4 is 15.2 Å². The molecule has 0 aromatic carbocycles. The van der Waals surface area contributed by atoms with Crippen LogP contribution in [0.15, 0.2) is 0 Å². The molecule has 1 aliphatic carbocycles. The fourth-order valence-electron chi connectivity index (χ4n) is 1.83. The van der Waals surface area contributed by atoms with E-state index in [1.807, 2.05) is 6.92 Å². The summed E-state index contributed by atoms with van der Waals surface area (Å²) in [5.41, 5.74) is 5.79. The van der Waals surface area contributed by atoms with Crippen LogP contribution in [-0.2, 0) is 10.2 Å². The zero-order valence-electron chi connectivity index (χ0n) is 9.20. The lowest BCUT2D eigenvalue weighted by Crippen LogP contribution is -2.46. The van der Waals surface area contributed by atoms with E-state index in [4.69, 9.17) is 5.73 Å². The Morgan fingerprint density at radius 1 is 1.40 bits per heavy atom. The average molecular weight is 235 g/mol. The first kappa shape index (κ1) is 12.9. The molecule has 2 atom stereocenters. The first-order valence-electron chi connectivity index (χ1n) is 5.56. The number of rotatable bonds is 5. The van der Waals surface area contributed by atoms with E-state index >= 15 is 0 Å². The van der Waals surface area contributed by atoms with Gasteiger partial charge in [0, 0.05) is 18.6 Å². The fraction of sp³-hybridized carbons (Fsp3) is 1.00. The summed E-state index contributed by atoms with van der Waals surface area (Å²) in [4.78, 5) is 0. The van der Waals surface area contributed by atoms with Gasteiger partial charge in [-0.05, 0) is 25.7 Å². The van der Waals surface area contributed by atoms with E-state index in [0.29, 0.717) is 6.54 Å². The van der Waals surface area contributed by atoms with Crippen LogP contribution in [0, 0.1) is 0 Å². The number of nitrogens with one attached hydrogen (secondary N) is 2. The van der Waals surface area contributed by atoms with Crippen LogP contribution in [0.4, 0.5) is 0 Å². The SMILES string of the molecule is CCCNS(=O)(=O)NC1CCCC(N)C1. The predicted octanol–water partition coefficient (Wildman–Crippen LogP) is 0.0903. The second kappa shape index (κ2) is 5.79. The molecule has 0 radical (unpaired) electrons. The normalized spacial score (nSPS) is 27.9. The number of hydrogen-bond donors (Lipinski definition) is 3. The molecule has 0 amide bonds. The molecule has 2 unspecified atom stereocenters. The molecule has 0 aromatic heterocycles. The first-order chi connectivity index (χ1) is 7.03. The van der Waals surface area contributed by atoms with Crippen LogP contribution in [0.1, 0.15) is 39.0 Å². The van der Waals surface area contributed by atoms with E-state index < -0.39 is 10.2 Å². The van der Waals surface area contributed by atoms with Crippen molar-refractivity contribution in [2.45, 2.75) is 51.1 Å². The number of nitrogens with two attached hydrogens (primary N) is 1. The highest BCUT2D eigenvalue weighted by atomic mass is 32.2. The van der Waals surface area contributed by atoms with Crippen LogP contribution in [0.3, 0.4) is 0 Å². The van der Waals surface area contributed by atoms with Crippen LogP contribution in [0.25, 0.3) is 0 Å². The van der Waals surface area contributed by atoms with E-state index in [2.05, 4.69) is 9.44 Å². The maximum absolute atomic E-state index is 11.5. The van der Waals surface area contributed by atoms with Gasteiger partial charge in [-0.1, -0.05) is 13.3 Å². The van der Waals surface area contributed by atoms with Gasteiger partial charge >= 0.3 is 0 Å². The number of hydrogen-bond acceptors (Lipinski definition) is 3.